The molecule has 0 aliphatic heterocycles. The number of nitrogens with one attached hydrogen (secondary N) is 1. The first kappa shape index (κ1) is 24.7. The summed E-state index contributed by atoms with van der Waals surface area (Å²) in [7, 11) is 1.57. The molecule has 0 fully saturated rings. The second-order valence-corrected chi connectivity index (χ2v) is 8.58. The highest BCUT2D eigenvalue weighted by Gasteiger charge is 2.31. The molecule has 1 N–H and O–H groups in total. The Kier molecular flexibility index (Phi) is 7.37. The van der Waals surface area contributed by atoms with Crippen molar-refractivity contribution in [1.29, 1.82) is 0 Å². The number of thioether (sulfide) groups is 1. The van der Waals surface area contributed by atoms with Gasteiger partial charge in [0, 0.05) is 5.56 Å². The molecule has 4 aromatic rings. The van der Waals surface area contributed by atoms with Crippen LogP contribution in [0.4, 0.5) is 18.9 Å². The van der Waals surface area contributed by atoms with E-state index in [0.29, 0.717) is 29.0 Å². The SMILES string of the molecule is COc1ccc(-c2nnc(SCC(=O)Nc3cc(C(F)(F)F)ccc3Cl)n2Cc2ccco2)cc1. The Morgan fingerprint density at radius 2 is 1.94 bits per heavy atom. The lowest BCUT2D eigenvalue weighted by molar-refractivity contribution is -0.137. The lowest BCUT2D eigenvalue weighted by Crippen LogP contribution is -2.16. The number of amides is 1. The molecule has 35 heavy (non-hydrogen) atoms. The van der Waals surface area contributed by atoms with Gasteiger partial charge in [-0.05, 0) is 54.6 Å². The van der Waals surface area contributed by atoms with Crippen molar-refractivity contribution in [3.05, 3.63) is 77.2 Å². The first-order valence-corrected chi connectivity index (χ1v) is 11.5. The second kappa shape index (κ2) is 10.4. The fourth-order valence-corrected chi connectivity index (χ4v) is 4.07. The number of aromatic nitrogens is 3. The smallest absolute Gasteiger partial charge is 0.416 e. The zero-order valence-corrected chi connectivity index (χ0v) is 19.7. The van der Waals surface area contributed by atoms with Gasteiger partial charge in [0.05, 0.1) is 41.9 Å². The van der Waals surface area contributed by atoms with E-state index in [1.54, 1.807) is 42.2 Å². The normalized spacial score (nSPS) is 11.5. The van der Waals surface area contributed by atoms with Gasteiger partial charge in [-0.3, -0.25) is 9.36 Å². The highest BCUT2D eigenvalue weighted by atomic mass is 35.5. The van der Waals surface area contributed by atoms with Gasteiger partial charge in [0.1, 0.15) is 11.5 Å². The Balaban J connectivity index is 1.53. The number of methoxy groups -OCH3 is 1. The molecule has 0 unspecified atom stereocenters. The van der Waals surface area contributed by atoms with Crippen molar-refractivity contribution in [1.82, 2.24) is 14.8 Å². The lowest BCUT2D eigenvalue weighted by Gasteiger charge is -2.12. The molecular weight excluding hydrogens is 505 g/mol. The number of hydrogen-bond donors (Lipinski definition) is 1. The van der Waals surface area contributed by atoms with Crippen LogP contribution >= 0.6 is 23.4 Å². The zero-order chi connectivity index (χ0) is 25.0. The molecule has 12 heteroatoms. The van der Waals surface area contributed by atoms with Crippen LogP contribution in [0.3, 0.4) is 0 Å². The number of benzene rings is 2. The van der Waals surface area contributed by atoms with Crippen molar-refractivity contribution in [3.63, 3.8) is 0 Å². The first-order valence-electron chi connectivity index (χ1n) is 10.1. The van der Waals surface area contributed by atoms with Crippen LogP contribution in [-0.4, -0.2) is 33.5 Å². The van der Waals surface area contributed by atoms with Crippen LogP contribution in [0.1, 0.15) is 11.3 Å². The fourth-order valence-electron chi connectivity index (χ4n) is 3.16. The average Bonchev–Trinajstić information content (AvgIpc) is 3.49. The standard InChI is InChI=1S/C23H18ClF3N4O3S/c1-33-16-7-4-14(5-8-16)21-29-30-22(31(21)12-17-3-2-10-34-17)35-13-20(32)28-19-11-15(23(25,26)27)6-9-18(19)24/h2-11H,12-13H2,1H3,(H,28,32). The Morgan fingerprint density at radius 3 is 2.60 bits per heavy atom. The van der Waals surface area contributed by atoms with Crippen LogP contribution in [0.25, 0.3) is 11.4 Å². The molecule has 0 saturated carbocycles. The number of alkyl halides is 3. The van der Waals surface area contributed by atoms with Gasteiger partial charge in [-0.15, -0.1) is 10.2 Å². The number of anilines is 1. The van der Waals surface area contributed by atoms with Crippen LogP contribution in [0.5, 0.6) is 5.75 Å². The highest BCUT2D eigenvalue weighted by Crippen LogP contribution is 2.34. The van der Waals surface area contributed by atoms with E-state index in [1.165, 1.54) is 0 Å². The predicted molar refractivity (Wildman–Crippen MR) is 126 cm³/mol. The molecule has 0 bridgehead atoms. The summed E-state index contributed by atoms with van der Waals surface area (Å²) in [6.45, 7) is 0.310. The molecule has 182 valence electrons. The van der Waals surface area contributed by atoms with E-state index in [0.717, 1.165) is 35.5 Å². The van der Waals surface area contributed by atoms with E-state index in [2.05, 4.69) is 15.5 Å². The zero-order valence-electron chi connectivity index (χ0n) is 18.2. The average molecular weight is 523 g/mol. The van der Waals surface area contributed by atoms with E-state index in [4.69, 9.17) is 20.8 Å². The van der Waals surface area contributed by atoms with Crippen molar-refractivity contribution >= 4 is 35.0 Å². The Morgan fingerprint density at radius 1 is 1.17 bits per heavy atom. The van der Waals surface area contributed by atoms with Gasteiger partial charge in [-0.2, -0.15) is 13.2 Å². The lowest BCUT2D eigenvalue weighted by atomic mass is 10.2. The van der Waals surface area contributed by atoms with E-state index < -0.39 is 17.6 Å². The third-order valence-electron chi connectivity index (χ3n) is 4.86. The summed E-state index contributed by atoms with van der Waals surface area (Å²) in [6.07, 6.45) is -3.01. The minimum absolute atomic E-state index is 0.000807. The van der Waals surface area contributed by atoms with E-state index >= 15 is 0 Å². The van der Waals surface area contributed by atoms with Gasteiger partial charge in [0.2, 0.25) is 5.91 Å². The summed E-state index contributed by atoms with van der Waals surface area (Å²) in [5.74, 6) is 1.21. The maximum atomic E-state index is 13.0. The second-order valence-electron chi connectivity index (χ2n) is 7.23. The van der Waals surface area contributed by atoms with Gasteiger partial charge in [-0.1, -0.05) is 23.4 Å². The quantitative estimate of drug-likeness (QED) is 0.286. The molecule has 4 rings (SSSR count). The molecule has 0 saturated heterocycles. The number of rotatable bonds is 8. The van der Waals surface area contributed by atoms with Gasteiger partial charge >= 0.3 is 6.18 Å². The van der Waals surface area contributed by atoms with E-state index in [-0.39, 0.29) is 16.5 Å². The number of ether oxygens (including phenoxy) is 1. The van der Waals surface area contributed by atoms with Crippen LogP contribution in [0.2, 0.25) is 5.02 Å². The number of nitrogens with zero attached hydrogens (tertiary/aromatic N) is 3. The molecule has 0 radical (unpaired) electrons. The molecule has 0 aliphatic rings. The molecule has 7 nitrogen and oxygen atoms in total. The van der Waals surface area contributed by atoms with Crippen molar-refractivity contribution < 1.29 is 27.1 Å². The number of carbonyl (C=O) groups excluding carboxylic acids is 1. The largest absolute Gasteiger partial charge is 0.497 e. The van der Waals surface area contributed by atoms with Gasteiger partial charge < -0.3 is 14.5 Å². The number of furan rings is 1. The third kappa shape index (κ3) is 5.98. The van der Waals surface area contributed by atoms with Crippen LogP contribution in [0, 0.1) is 0 Å². The molecule has 0 aliphatic carbocycles. The molecule has 1 amide bonds. The predicted octanol–water partition coefficient (Wildman–Crippen LogP) is 6.00. The highest BCUT2D eigenvalue weighted by molar-refractivity contribution is 7.99. The van der Waals surface area contributed by atoms with Crippen molar-refractivity contribution in [3.8, 4) is 17.1 Å². The minimum Gasteiger partial charge on any atom is -0.497 e. The fraction of sp³-hybridized carbons (Fsp3) is 0.174. The number of halogens is 4. The molecule has 0 spiro atoms. The summed E-state index contributed by atoms with van der Waals surface area (Å²) in [5, 5.41) is 11.3. The van der Waals surface area contributed by atoms with Gasteiger partial charge in [0.25, 0.3) is 0 Å². The summed E-state index contributed by atoms with van der Waals surface area (Å²) < 4.78 is 51.4. The molecule has 2 heterocycles. The molecule has 2 aromatic heterocycles. The Hall–Kier alpha value is -3.44. The topological polar surface area (TPSA) is 82.2 Å². The third-order valence-corrected chi connectivity index (χ3v) is 6.16. The summed E-state index contributed by atoms with van der Waals surface area (Å²) in [5.41, 5.74) is -0.257. The van der Waals surface area contributed by atoms with Crippen LogP contribution in [0.15, 0.2) is 70.4 Å². The van der Waals surface area contributed by atoms with Crippen molar-refractivity contribution in [2.24, 2.45) is 0 Å². The van der Waals surface area contributed by atoms with Gasteiger partial charge in [0.15, 0.2) is 11.0 Å². The minimum atomic E-state index is -4.56. The first-order chi connectivity index (χ1) is 16.7. The Labute approximate surface area is 207 Å². The van der Waals surface area contributed by atoms with Crippen molar-refractivity contribution in [2.75, 3.05) is 18.2 Å². The summed E-state index contributed by atoms with van der Waals surface area (Å²) in [4.78, 5) is 12.5. The monoisotopic (exact) mass is 522 g/mol. The van der Waals surface area contributed by atoms with Gasteiger partial charge in [-0.25, -0.2) is 0 Å². The molecule has 2 aromatic carbocycles. The summed E-state index contributed by atoms with van der Waals surface area (Å²) >= 11 is 7.05. The molecule has 0 atom stereocenters. The summed E-state index contributed by atoms with van der Waals surface area (Å²) in [6, 6.07) is 13.5. The van der Waals surface area contributed by atoms with E-state index in [1.807, 2.05) is 12.1 Å². The molecular formula is C23H18ClF3N4O3S. The van der Waals surface area contributed by atoms with Crippen LogP contribution in [-0.2, 0) is 17.5 Å². The van der Waals surface area contributed by atoms with E-state index in [9.17, 15) is 18.0 Å². The van der Waals surface area contributed by atoms with Crippen LogP contribution < -0.4 is 10.1 Å². The number of carbonyl (C=O) groups is 1. The van der Waals surface area contributed by atoms with Crippen molar-refractivity contribution in [2.45, 2.75) is 17.9 Å². The maximum Gasteiger partial charge on any atom is 0.416 e. The maximum absolute atomic E-state index is 13.0. The number of hydrogen-bond acceptors (Lipinski definition) is 6. The Bertz CT molecular complexity index is 1310.